The van der Waals surface area contributed by atoms with Gasteiger partial charge in [-0.05, 0) is 12.8 Å². The molecule has 0 saturated carbocycles. The fourth-order valence-electron chi connectivity index (χ4n) is 1.95. The third-order valence-corrected chi connectivity index (χ3v) is 3.01. The Bertz CT molecular complexity index is 235. The zero-order valence-corrected chi connectivity index (χ0v) is 9.39. The molecule has 2 aliphatic rings. The maximum atomic E-state index is 11.7. The molecule has 2 fully saturated rings. The van der Waals surface area contributed by atoms with Gasteiger partial charge in [0.05, 0.1) is 6.10 Å². The highest BCUT2D eigenvalue weighted by atomic mass is 16.7. The highest BCUT2D eigenvalue weighted by Crippen LogP contribution is 2.11. The molecule has 0 unspecified atom stereocenters. The molecule has 6 heteroatoms. The lowest BCUT2D eigenvalue weighted by molar-refractivity contribution is -0.120. The zero-order chi connectivity index (χ0) is 11.4. The van der Waals surface area contributed by atoms with Gasteiger partial charge < -0.3 is 20.2 Å². The number of hydrogen-bond donors (Lipinski definition) is 2. The maximum Gasteiger partial charge on any atom is 0.428 e. The summed E-state index contributed by atoms with van der Waals surface area (Å²) in [7, 11) is 0. The number of piperidine rings is 1. The van der Waals surface area contributed by atoms with Crippen molar-refractivity contribution < 1.29 is 14.7 Å². The lowest BCUT2D eigenvalue weighted by Crippen LogP contribution is -2.48. The van der Waals surface area contributed by atoms with Crippen molar-refractivity contribution in [2.75, 3.05) is 39.3 Å². The van der Waals surface area contributed by atoms with Gasteiger partial charge in [-0.3, -0.25) is 0 Å². The first kappa shape index (κ1) is 11.6. The van der Waals surface area contributed by atoms with E-state index < -0.39 is 0 Å². The zero-order valence-electron chi connectivity index (χ0n) is 9.39. The molecule has 0 bridgehead atoms. The van der Waals surface area contributed by atoms with Gasteiger partial charge >= 0.3 is 6.09 Å². The summed E-state index contributed by atoms with van der Waals surface area (Å²) in [5, 5.41) is 14.2. The number of hydrogen-bond acceptors (Lipinski definition) is 5. The van der Waals surface area contributed by atoms with Gasteiger partial charge in [-0.25, -0.2) is 4.79 Å². The van der Waals surface area contributed by atoms with Gasteiger partial charge in [0.2, 0.25) is 0 Å². The first-order chi connectivity index (χ1) is 7.75. The smallest absolute Gasteiger partial charge is 0.393 e. The third kappa shape index (κ3) is 3.07. The molecule has 0 aromatic carbocycles. The largest absolute Gasteiger partial charge is 0.428 e. The number of carbonyl (C=O) groups excluding carboxylic acids is 1. The molecular formula is C10H19N3O3. The Kier molecular flexibility index (Phi) is 3.98. The lowest BCUT2D eigenvalue weighted by Gasteiger charge is -2.32. The first-order valence-electron chi connectivity index (χ1n) is 5.86. The molecule has 92 valence electrons. The highest BCUT2D eigenvalue weighted by Gasteiger charge is 2.24. The molecule has 2 heterocycles. The van der Waals surface area contributed by atoms with E-state index in [0.717, 1.165) is 26.2 Å². The van der Waals surface area contributed by atoms with Gasteiger partial charge in [0.15, 0.2) is 0 Å². The van der Waals surface area contributed by atoms with E-state index in [1.165, 1.54) is 0 Å². The Morgan fingerprint density at radius 1 is 1.19 bits per heavy atom. The van der Waals surface area contributed by atoms with Crippen molar-refractivity contribution in [3.63, 3.8) is 0 Å². The second-order valence-corrected chi connectivity index (χ2v) is 4.25. The fourth-order valence-corrected chi connectivity index (χ4v) is 1.95. The SMILES string of the molecule is O=C(ON1CCNCC1)N1CCC(O)CC1. The van der Waals surface area contributed by atoms with Gasteiger partial charge in [-0.1, -0.05) is 0 Å². The van der Waals surface area contributed by atoms with Crippen molar-refractivity contribution in [2.45, 2.75) is 18.9 Å². The van der Waals surface area contributed by atoms with Gasteiger partial charge in [0.1, 0.15) is 0 Å². The molecule has 2 rings (SSSR count). The van der Waals surface area contributed by atoms with Crippen LogP contribution < -0.4 is 5.32 Å². The molecule has 2 N–H and O–H groups in total. The molecule has 0 spiro atoms. The van der Waals surface area contributed by atoms with E-state index in [2.05, 4.69) is 5.32 Å². The number of likely N-dealkylation sites (tertiary alicyclic amines) is 1. The van der Waals surface area contributed by atoms with E-state index in [9.17, 15) is 9.90 Å². The van der Waals surface area contributed by atoms with Crippen LogP contribution in [0.2, 0.25) is 0 Å². The molecule has 0 aromatic rings. The van der Waals surface area contributed by atoms with Crippen LogP contribution in [-0.2, 0) is 4.84 Å². The topological polar surface area (TPSA) is 65.0 Å². The number of piperazine rings is 1. The summed E-state index contributed by atoms with van der Waals surface area (Å²) in [4.78, 5) is 18.7. The second kappa shape index (κ2) is 5.47. The van der Waals surface area contributed by atoms with E-state index in [4.69, 9.17) is 4.84 Å². The van der Waals surface area contributed by atoms with Crippen molar-refractivity contribution >= 4 is 6.09 Å². The molecule has 0 aliphatic carbocycles. The van der Waals surface area contributed by atoms with E-state index in [-0.39, 0.29) is 12.2 Å². The van der Waals surface area contributed by atoms with Crippen molar-refractivity contribution in [3.8, 4) is 0 Å². The Labute approximate surface area is 95.1 Å². The van der Waals surface area contributed by atoms with E-state index in [0.29, 0.717) is 25.9 Å². The standard InChI is InChI=1S/C10H19N3O3/c14-9-1-5-12(6-2-9)10(15)16-13-7-3-11-4-8-13/h9,11,14H,1-8H2. The number of aliphatic hydroxyl groups is 1. The predicted octanol–water partition coefficient (Wildman–Crippen LogP) is -0.600. The predicted molar refractivity (Wildman–Crippen MR) is 57.7 cm³/mol. The van der Waals surface area contributed by atoms with Gasteiger partial charge in [0, 0.05) is 39.3 Å². The highest BCUT2D eigenvalue weighted by molar-refractivity contribution is 5.67. The van der Waals surface area contributed by atoms with Crippen molar-refractivity contribution in [1.29, 1.82) is 0 Å². The van der Waals surface area contributed by atoms with E-state index in [1.807, 2.05) is 0 Å². The molecule has 0 aromatic heterocycles. The summed E-state index contributed by atoms with van der Waals surface area (Å²) in [5.41, 5.74) is 0. The van der Waals surface area contributed by atoms with Crippen LogP contribution in [0.1, 0.15) is 12.8 Å². The summed E-state index contributed by atoms with van der Waals surface area (Å²) in [6, 6.07) is 0. The summed E-state index contributed by atoms with van der Waals surface area (Å²) >= 11 is 0. The number of amides is 1. The Balaban J connectivity index is 1.74. The molecule has 0 atom stereocenters. The second-order valence-electron chi connectivity index (χ2n) is 4.25. The number of rotatable bonds is 1. The van der Waals surface area contributed by atoms with Crippen LogP contribution in [0.4, 0.5) is 4.79 Å². The average Bonchev–Trinajstić information content (AvgIpc) is 2.31. The van der Waals surface area contributed by atoms with Gasteiger partial charge in [-0.2, -0.15) is 0 Å². The Morgan fingerprint density at radius 2 is 1.81 bits per heavy atom. The number of nitrogens with zero attached hydrogens (tertiary/aromatic N) is 2. The summed E-state index contributed by atoms with van der Waals surface area (Å²) in [5.74, 6) is 0. The summed E-state index contributed by atoms with van der Waals surface area (Å²) in [6.07, 6.45) is 0.755. The number of hydroxylamine groups is 2. The maximum absolute atomic E-state index is 11.7. The van der Waals surface area contributed by atoms with E-state index >= 15 is 0 Å². The molecule has 2 saturated heterocycles. The molecule has 2 aliphatic heterocycles. The van der Waals surface area contributed by atoms with Crippen LogP contribution in [0.5, 0.6) is 0 Å². The van der Waals surface area contributed by atoms with Crippen LogP contribution in [0.3, 0.4) is 0 Å². The molecule has 1 amide bonds. The minimum Gasteiger partial charge on any atom is -0.393 e. The minimum atomic E-state index is -0.284. The van der Waals surface area contributed by atoms with Crippen LogP contribution >= 0.6 is 0 Å². The van der Waals surface area contributed by atoms with Crippen molar-refractivity contribution in [2.24, 2.45) is 0 Å². The molecule has 0 radical (unpaired) electrons. The van der Waals surface area contributed by atoms with Gasteiger partial charge in [0.25, 0.3) is 0 Å². The van der Waals surface area contributed by atoms with Crippen molar-refractivity contribution in [1.82, 2.24) is 15.3 Å². The molecule has 6 nitrogen and oxygen atoms in total. The Hall–Kier alpha value is -0.850. The molecule has 16 heavy (non-hydrogen) atoms. The quantitative estimate of drug-likeness (QED) is 0.628. The van der Waals surface area contributed by atoms with E-state index in [1.54, 1.807) is 9.96 Å². The first-order valence-corrected chi connectivity index (χ1v) is 5.86. The monoisotopic (exact) mass is 229 g/mol. The number of aliphatic hydroxyl groups excluding tert-OH is 1. The molecular weight excluding hydrogens is 210 g/mol. The summed E-state index contributed by atoms with van der Waals surface area (Å²) in [6.45, 7) is 4.36. The van der Waals surface area contributed by atoms with Crippen molar-refractivity contribution in [3.05, 3.63) is 0 Å². The fraction of sp³-hybridized carbons (Fsp3) is 0.900. The van der Waals surface area contributed by atoms with Gasteiger partial charge in [-0.15, -0.1) is 5.06 Å². The van der Waals surface area contributed by atoms with Crippen LogP contribution in [0.15, 0.2) is 0 Å². The minimum absolute atomic E-state index is 0.261. The third-order valence-electron chi connectivity index (χ3n) is 3.01. The van der Waals surface area contributed by atoms with Crippen LogP contribution in [-0.4, -0.2) is 66.5 Å². The lowest BCUT2D eigenvalue weighted by atomic mass is 10.1. The average molecular weight is 229 g/mol. The Morgan fingerprint density at radius 3 is 2.44 bits per heavy atom. The number of nitrogens with one attached hydrogen (secondary N) is 1. The van der Waals surface area contributed by atoms with Crippen LogP contribution in [0, 0.1) is 0 Å². The van der Waals surface area contributed by atoms with Crippen LogP contribution in [0.25, 0.3) is 0 Å². The summed E-state index contributed by atoms with van der Waals surface area (Å²) < 4.78 is 0. The normalized spacial score (nSPS) is 24.4. The number of carbonyl (C=O) groups is 1.